The fraction of sp³-hybridized carbons (Fsp3) is 0.417. The van der Waals surface area contributed by atoms with Crippen molar-refractivity contribution in [2.75, 3.05) is 30.8 Å². The van der Waals surface area contributed by atoms with Crippen molar-refractivity contribution in [2.24, 2.45) is 0 Å². The van der Waals surface area contributed by atoms with Crippen molar-refractivity contribution in [1.29, 1.82) is 0 Å². The molecule has 0 unspecified atom stereocenters. The number of nitrogens with zero attached hydrogens (tertiary/aromatic N) is 2. The van der Waals surface area contributed by atoms with Gasteiger partial charge in [-0.25, -0.2) is 8.42 Å². The van der Waals surface area contributed by atoms with Gasteiger partial charge in [-0.15, -0.1) is 0 Å². The highest BCUT2D eigenvalue weighted by molar-refractivity contribution is 7.92. The molecule has 1 N–H and O–H groups in total. The number of sulfonamides is 1. The van der Waals surface area contributed by atoms with Crippen LogP contribution in [0.2, 0.25) is 10.0 Å². The minimum atomic E-state index is -3.84. The number of amides is 2. The zero-order chi connectivity index (χ0) is 26.2. The number of benzene rings is 2. The lowest BCUT2D eigenvalue weighted by Gasteiger charge is -2.31. The van der Waals surface area contributed by atoms with Gasteiger partial charge in [-0.05, 0) is 43.2 Å². The maximum atomic E-state index is 13.5. The molecule has 2 amide bonds. The lowest BCUT2D eigenvalue weighted by molar-refractivity contribution is -0.139. The van der Waals surface area contributed by atoms with Crippen molar-refractivity contribution >= 4 is 50.7 Å². The van der Waals surface area contributed by atoms with Crippen LogP contribution in [0.25, 0.3) is 0 Å². The van der Waals surface area contributed by atoms with E-state index in [0.29, 0.717) is 27.9 Å². The van der Waals surface area contributed by atoms with Gasteiger partial charge in [0.25, 0.3) is 0 Å². The molecular formula is C24H31Cl2N3O5S. The maximum absolute atomic E-state index is 13.5. The Hall–Kier alpha value is -2.49. The van der Waals surface area contributed by atoms with Gasteiger partial charge in [0.15, 0.2) is 0 Å². The Bertz CT molecular complexity index is 1140. The van der Waals surface area contributed by atoms with E-state index in [1.165, 1.54) is 18.1 Å². The van der Waals surface area contributed by atoms with Crippen LogP contribution < -0.4 is 14.4 Å². The van der Waals surface area contributed by atoms with Gasteiger partial charge in [-0.2, -0.15) is 0 Å². The van der Waals surface area contributed by atoms with Crippen molar-refractivity contribution in [2.45, 2.75) is 39.3 Å². The first-order chi connectivity index (χ1) is 16.5. The molecule has 0 aliphatic carbocycles. The van der Waals surface area contributed by atoms with E-state index in [1.54, 1.807) is 43.3 Å². The SMILES string of the molecule is CCCCNC(=O)[C@@H](C)N(Cc1ccc(Cl)cc1Cl)C(=O)CN(c1cccc(OC)c1)S(C)(=O)=O. The summed E-state index contributed by atoms with van der Waals surface area (Å²) in [4.78, 5) is 27.7. The molecule has 1 atom stereocenters. The Morgan fingerprint density at radius 3 is 2.46 bits per heavy atom. The molecule has 2 aromatic carbocycles. The highest BCUT2D eigenvalue weighted by atomic mass is 35.5. The second-order valence-electron chi connectivity index (χ2n) is 8.05. The molecule has 0 spiro atoms. The number of ether oxygens (including phenoxy) is 1. The fourth-order valence-electron chi connectivity index (χ4n) is 3.33. The summed E-state index contributed by atoms with van der Waals surface area (Å²) in [6.07, 6.45) is 2.72. The van der Waals surface area contributed by atoms with Crippen molar-refractivity contribution in [3.8, 4) is 5.75 Å². The van der Waals surface area contributed by atoms with Gasteiger partial charge in [0.2, 0.25) is 21.8 Å². The zero-order valence-electron chi connectivity index (χ0n) is 20.3. The van der Waals surface area contributed by atoms with Gasteiger partial charge >= 0.3 is 0 Å². The van der Waals surface area contributed by atoms with E-state index in [0.717, 1.165) is 23.4 Å². The van der Waals surface area contributed by atoms with E-state index in [4.69, 9.17) is 27.9 Å². The summed E-state index contributed by atoms with van der Waals surface area (Å²) in [5.41, 5.74) is 0.842. The van der Waals surface area contributed by atoms with Crippen LogP contribution in [-0.2, 0) is 26.2 Å². The van der Waals surface area contributed by atoms with Crippen molar-refractivity contribution in [1.82, 2.24) is 10.2 Å². The number of carbonyl (C=O) groups excluding carboxylic acids is 2. The van der Waals surface area contributed by atoms with Crippen LogP contribution in [0.1, 0.15) is 32.3 Å². The Kier molecular flexibility index (Phi) is 10.7. The average Bonchev–Trinajstić information content (AvgIpc) is 2.80. The molecule has 0 fully saturated rings. The van der Waals surface area contributed by atoms with E-state index >= 15 is 0 Å². The summed E-state index contributed by atoms with van der Waals surface area (Å²) in [6, 6.07) is 10.4. The zero-order valence-corrected chi connectivity index (χ0v) is 22.6. The molecule has 192 valence electrons. The molecule has 0 aromatic heterocycles. The van der Waals surface area contributed by atoms with Crippen LogP contribution in [-0.4, -0.2) is 57.6 Å². The summed E-state index contributed by atoms with van der Waals surface area (Å²) < 4.78 is 31.4. The fourth-order valence-corrected chi connectivity index (χ4v) is 4.64. The predicted octanol–water partition coefficient (Wildman–Crippen LogP) is 4.10. The molecule has 35 heavy (non-hydrogen) atoms. The second-order valence-corrected chi connectivity index (χ2v) is 10.8. The third kappa shape index (κ3) is 8.30. The minimum Gasteiger partial charge on any atom is -0.497 e. The van der Waals surface area contributed by atoms with Crippen LogP contribution in [0.15, 0.2) is 42.5 Å². The molecule has 0 radical (unpaired) electrons. The highest BCUT2D eigenvalue weighted by Crippen LogP contribution is 2.25. The Labute approximate surface area is 217 Å². The third-order valence-corrected chi connectivity index (χ3v) is 7.10. The number of anilines is 1. The molecule has 0 saturated heterocycles. The monoisotopic (exact) mass is 543 g/mol. The molecule has 11 heteroatoms. The second kappa shape index (κ2) is 13.0. The van der Waals surface area contributed by atoms with Gasteiger partial charge in [-0.1, -0.05) is 48.7 Å². The lowest BCUT2D eigenvalue weighted by Crippen LogP contribution is -2.51. The highest BCUT2D eigenvalue weighted by Gasteiger charge is 2.30. The first kappa shape index (κ1) is 28.7. The lowest BCUT2D eigenvalue weighted by atomic mass is 10.1. The topological polar surface area (TPSA) is 96.0 Å². The van der Waals surface area contributed by atoms with E-state index < -0.39 is 28.5 Å². The van der Waals surface area contributed by atoms with Crippen molar-refractivity contribution in [3.05, 3.63) is 58.1 Å². The number of rotatable bonds is 12. The molecule has 0 aliphatic rings. The maximum Gasteiger partial charge on any atom is 0.244 e. The number of methoxy groups -OCH3 is 1. The summed E-state index contributed by atoms with van der Waals surface area (Å²) in [5, 5.41) is 3.59. The molecule has 0 aliphatic heterocycles. The number of hydrogen-bond donors (Lipinski definition) is 1. The normalized spacial score (nSPS) is 12.1. The Morgan fingerprint density at radius 1 is 1.14 bits per heavy atom. The molecule has 2 rings (SSSR count). The van der Waals surface area contributed by atoms with Crippen LogP contribution in [0.5, 0.6) is 5.75 Å². The molecule has 2 aromatic rings. The average molecular weight is 545 g/mol. The van der Waals surface area contributed by atoms with E-state index in [1.807, 2.05) is 6.92 Å². The number of unbranched alkanes of at least 4 members (excludes halogenated alkanes) is 1. The Morgan fingerprint density at radius 2 is 1.86 bits per heavy atom. The van der Waals surface area contributed by atoms with Gasteiger partial charge in [0.1, 0.15) is 18.3 Å². The summed E-state index contributed by atoms with van der Waals surface area (Å²) in [7, 11) is -2.37. The van der Waals surface area contributed by atoms with Crippen molar-refractivity contribution < 1.29 is 22.7 Å². The summed E-state index contributed by atoms with van der Waals surface area (Å²) >= 11 is 12.3. The Balaban J connectivity index is 2.40. The standard InChI is InChI=1S/C24H31Cl2N3O5S/c1-5-6-12-27-24(31)17(2)28(15-18-10-11-19(25)13-22(18)26)23(30)16-29(35(4,32)33)20-8-7-9-21(14-20)34-3/h7-11,13-14,17H,5-6,12,15-16H2,1-4H3,(H,27,31)/t17-/m1/s1. The van der Waals surface area contributed by atoms with Gasteiger partial charge in [0, 0.05) is 29.2 Å². The number of carbonyl (C=O) groups is 2. The summed E-state index contributed by atoms with van der Waals surface area (Å²) in [6.45, 7) is 3.56. The molecule has 0 heterocycles. The quantitative estimate of drug-likeness (QED) is 0.406. The van der Waals surface area contributed by atoms with Crippen molar-refractivity contribution in [3.63, 3.8) is 0 Å². The third-order valence-electron chi connectivity index (χ3n) is 5.37. The summed E-state index contributed by atoms with van der Waals surface area (Å²) in [5.74, 6) is -0.469. The predicted molar refractivity (Wildman–Crippen MR) is 140 cm³/mol. The smallest absolute Gasteiger partial charge is 0.244 e. The van der Waals surface area contributed by atoms with Gasteiger partial charge in [-0.3, -0.25) is 13.9 Å². The van der Waals surface area contributed by atoms with E-state index in [-0.39, 0.29) is 18.1 Å². The first-order valence-corrected chi connectivity index (χ1v) is 13.7. The van der Waals surface area contributed by atoms with E-state index in [9.17, 15) is 18.0 Å². The first-order valence-electron chi connectivity index (χ1n) is 11.1. The number of nitrogens with one attached hydrogen (secondary N) is 1. The number of hydrogen-bond acceptors (Lipinski definition) is 5. The number of halogens is 2. The minimum absolute atomic E-state index is 0.00703. The van der Waals surface area contributed by atoms with Gasteiger partial charge in [0.05, 0.1) is 19.1 Å². The molecule has 8 nitrogen and oxygen atoms in total. The molecule has 0 bridgehead atoms. The largest absolute Gasteiger partial charge is 0.497 e. The molecule has 0 saturated carbocycles. The van der Waals surface area contributed by atoms with Crippen LogP contribution in [0.4, 0.5) is 5.69 Å². The van der Waals surface area contributed by atoms with Gasteiger partial charge < -0.3 is 15.0 Å². The van der Waals surface area contributed by atoms with Crippen LogP contribution in [0, 0.1) is 0 Å². The van der Waals surface area contributed by atoms with Crippen LogP contribution in [0.3, 0.4) is 0 Å². The molecular weight excluding hydrogens is 513 g/mol. The van der Waals surface area contributed by atoms with Crippen LogP contribution >= 0.6 is 23.2 Å². The van der Waals surface area contributed by atoms with E-state index in [2.05, 4.69) is 5.32 Å².